The van der Waals surface area contributed by atoms with E-state index in [9.17, 15) is 14.0 Å². The number of hydrogen-bond donors (Lipinski definition) is 4. The van der Waals surface area contributed by atoms with Gasteiger partial charge in [-0.25, -0.2) is 19.0 Å². The number of carboxylic acids is 2. The summed E-state index contributed by atoms with van der Waals surface area (Å²) in [6, 6.07) is 4.85. The zero-order valence-electron chi connectivity index (χ0n) is 20.3. The molecule has 0 spiro atoms. The van der Waals surface area contributed by atoms with Crippen LogP contribution in [0.25, 0.3) is 11.1 Å². The standard InChI is InChI=1S/C21H22Cl2FN5O.C4H4O4/c1-12(19-16(22)2-3-17(24)20(19)23)30-18-8-13(9-27-21(18)25)14-10-28-29(11-14)15-4-6-26-7-5-15;5-3(6)1-2-4(7)8/h2-3,8-12,15,26H,4-7H2,1H3,(H2,25,27);1-2H,(H,5,6)(H,7,8)/b;2-1+/t12-;/m1./s1. The third-order valence-corrected chi connectivity index (χ3v) is 6.37. The SMILES string of the molecule is C[C@@H](Oc1cc(-c2cnn(C3CCNCC3)c2)cnc1N)c1c(Cl)ccc(F)c1Cl.O=C(O)/C=C/C(=O)O. The van der Waals surface area contributed by atoms with Gasteiger partial charge in [0.15, 0.2) is 11.6 Å². The van der Waals surface area contributed by atoms with E-state index in [1.54, 1.807) is 19.2 Å². The van der Waals surface area contributed by atoms with E-state index in [2.05, 4.69) is 15.4 Å². The van der Waals surface area contributed by atoms with Crippen LogP contribution in [0.5, 0.6) is 5.75 Å². The molecule has 10 nitrogen and oxygen atoms in total. The molecule has 1 aliphatic heterocycles. The lowest BCUT2D eigenvalue weighted by molar-refractivity contribution is -0.134. The zero-order valence-corrected chi connectivity index (χ0v) is 21.8. The van der Waals surface area contributed by atoms with Crippen molar-refractivity contribution in [2.75, 3.05) is 18.8 Å². The number of ether oxygens (including phenoxy) is 1. The van der Waals surface area contributed by atoms with Crippen LogP contribution in [-0.2, 0) is 9.59 Å². The molecule has 0 saturated carbocycles. The van der Waals surface area contributed by atoms with Crippen molar-refractivity contribution < 1.29 is 28.9 Å². The molecule has 5 N–H and O–H groups in total. The van der Waals surface area contributed by atoms with Crippen LogP contribution in [0.3, 0.4) is 0 Å². The highest BCUT2D eigenvalue weighted by Gasteiger charge is 2.21. The fraction of sp³-hybridized carbons (Fsp3) is 0.280. The average Bonchev–Trinajstić information content (AvgIpc) is 3.38. The first kappa shape index (κ1) is 28.9. The molecule has 3 aromatic rings. The summed E-state index contributed by atoms with van der Waals surface area (Å²) in [5, 5.41) is 23.8. The van der Waals surface area contributed by atoms with Gasteiger partial charge in [-0.2, -0.15) is 5.10 Å². The zero-order chi connectivity index (χ0) is 27.8. The van der Waals surface area contributed by atoms with Crippen LogP contribution in [0.4, 0.5) is 10.2 Å². The highest BCUT2D eigenvalue weighted by molar-refractivity contribution is 6.36. The molecule has 13 heteroatoms. The van der Waals surface area contributed by atoms with Crippen molar-refractivity contribution in [3.05, 3.63) is 70.4 Å². The lowest BCUT2D eigenvalue weighted by Crippen LogP contribution is -2.29. The van der Waals surface area contributed by atoms with Gasteiger partial charge in [0, 0.05) is 46.3 Å². The maximum atomic E-state index is 13.9. The minimum Gasteiger partial charge on any atom is -0.482 e. The molecule has 2 aromatic heterocycles. The third kappa shape index (κ3) is 7.67. The number of pyridine rings is 1. The Morgan fingerprint density at radius 1 is 1.18 bits per heavy atom. The number of hydrogen-bond acceptors (Lipinski definition) is 7. The summed E-state index contributed by atoms with van der Waals surface area (Å²) in [6.07, 6.45) is 8.07. The molecule has 1 saturated heterocycles. The van der Waals surface area contributed by atoms with Gasteiger partial charge in [0.2, 0.25) is 0 Å². The molecule has 1 fully saturated rings. The second-order valence-corrected chi connectivity index (χ2v) is 9.11. The van der Waals surface area contributed by atoms with Crippen LogP contribution in [0.2, 0.25) is 10.0 Å². The fourth-order valence-corrected chi connectivity index (χ4v) is 4.45. The van der Waals surface area contributed by atoms with E-state index >= 15 is 0 Å². The maximum absolute atomic E-state index is 13.9. The second-order valence-electron chi connectivity index (χ2n) is 8.32. The fourth-order valence-electron chi connectivity index (χ4n) is 3.77. The normalized spacial score (nSPS) is 14.5. The number of nitrogens with one attached hydrogen (secondary N) is 1. The summed E-state index contributed by atoms with van der Waals surface area (Å²) in [5.41, 5.74) is 8.12. The molecule has 0 aliphatic carbocycles. The Labute approximate surface area is 227 Å². The number of rotatable bonds is 7. The molecule has 0 amide bonds. The molecule has 0 bridgehead atoms. The summed E-state index contributed by atoms with van der Waals surface area (Å²) < 4.78 is 21.9. The Balaban J connectivity index is 0.000000436. The number of aromatic nitrogens is 3. The monoisotopic (exact) mass is 565 g/mol. The summed E-state index contributed by atoms with van der Waals surface area (Å²) in [5.74, 6) is -2.48. The number of benzene rings is 1. The van der Waals surface area contributed by atoms with Gasteiger partial charge in [0.05, 0.1) is 17.3 Å². The minimum absolute atomic E-state index is 0.0686. The number of aliphatic carboxylic acids is 2. The predicted molar refractivity (Wildman–Crippen MR) is 141 cm³/mol. The van der Waals surface area contributed by atoms with Gasteiger partial charge in [-0.1, -0.05) is 23.2 Å². The quantitative estimate of drug-likeness (QED) is 0.234. The van der Waals surface area contributed by atoms with E-state index in [4.69, 9.17) is 43.9 Å². The Bertz CT molecular complexity index is 1310. The first-order valence-corrected chi connectivity index (χ1v) is 12.3. The number of halogens is 3. The van der Waals surface area contributed by atoms with Crippen LogP contribution in [-0.4, -0.2) is 50.0 Å². The number of anilines is 1. The van der Waals surface area contributed by atoms with E-state index in [0.717, 1.165) is 37.1 Å². The predicted octanol–water partition coefficient (Wildman–Crippen LogP) is 4.75. The first-order chi connectivity index (χ1) is 18.1. The maximum Gasteiger partial charge on any atom is 0.328 e. The Morgan fingerprint density at radius 3 is 2.47 bits per heavy atom. The third-order valence-electron chi connectivity index (χ3n) is 5.66. The average molecular weight is 566 g/mol. The van der Waals surface area contributed by atoms with E-state index in [-0.39, 0.29) is 10.8 Å². The van der Waals surface area contributed by atoms with Crippen LogP contribution in [0.15, 0.2) is 48.9 Å². The molecule has 1 atom stereocenters. The van der Waals surface area contributed by atoms with Crippen molar-refractivity contribution in [1.82, 2.24) is 20.1 Å². The van der Waals surface area contributed by atoms with E-state index in [1.165, 1.54) is 12.1 Å². The highest BCUT2D eigenvalue weighted by Crippen LogP contribution is 2.37. The largest absolute Gasteiger partial charge is 0.482 e. The van der Waals surface area contributed by atoms with Crippen molar-refractivity contribution in [1.29, 1.82) is 0 Å². The Kier molecular flexibility index (Phi) is 10.1. The van der Waals surface area contributed by atoms with Gasteiger partial charge in [-0.3, -0.25) is 4.68 Å². The molecule has 1 aromatic carbocycles. The van der Waals surface area contributed by atoms with Gasteiger partial charge >= 0.3 is 11.9 Å². The van der Waals surface area contributed by atoms with Gasteiger partial charge < -0.3 is 26.0 Å². The molecule has 0 radical (unpaired) electrons. The Morgan fingerprint density at radius 2 is 1.84 bits per heavy atom. The molecular formula is C25H26Cl2FN5O5. The smallest absolute Gasteiger partial charge is 0.328 e. The lowest BCUT2D eigenvalue weighted by Gasteiger charge is -2.22. The van der Waals surface area contributed by atoms with Crippen molar-refractivity contribution in [2.45, 2.75) is 31.9 Å². The van der Waals surface area contributed by atoms with Crippen molar-refractivity contribution in [2.24, 2.45) is 0 Å². The van der Waals surface area contributed by atoms with Crippen LogP contribution < -0.4 is 15.8 Å². The number of nitrogens with two attached hydrogens (primary N) is 1. The number of piperidine rings is 1. The van der Waals surface area contributed by atoms with Gasteiger partial charge in [-0.05, 0) is 51.1 Å². The van der Waals surface area contributed by atoms with Gasteiger partial charge in [-0.15, -0.1) is 0 Å². The van der Waals surface area contributed by atoms with Crippen molar-refractivity contribution >= 4 is 41.0 Å². The summed E-state index contributed by atoms with van der Waals surface area (Å²) in [6.45, 7) is 3.71. The van der Waals surface area contributed by atoms with Crippen LogP contribution in [0, 0.1) is 5.82 Å². The molecule has 1 aliphatic rings. The second kappa shape index (κ2) is 13.2. The number of nitrogen functional groups attached to an aromatic ring is 1. The van der Waals surface area contributed by atoms with E-state index in [0.29, 0.717) is 34.5 Å². The number of nitrogens with zero attached hydrogens (tertiary/aromatic N) is 3. The van der Waals surface area contributed by atoms with Gasteiger partial charge in [0.25, 0.3) is 0 Å². The van der Waals surface area contributed by atoms with Crippen molar-refractivity contribution in [3.63, 3.8) is 0 Å². The Hall–Kier alpha value is -3.67. The van der Waals surface area contributed by atoms with Gasteiger partial charge in [0.1, 0.15) is 11.9 Å². The topological polar surface area (TPSA) is 153 Å². The first-order valence-electron chi connectivity index (χ1n) is 11.5. The summed E-state index contributed by atoms with van der Waals surface area (Å²) in [7, 11) is 0. The van der Waals surface area contributed by atoms with E-state index < -0.39 is 23.9 Å². The lowest BCUT2D eigenvalue weighted by atomic mass is 10.1. The van der Waals surface area contributed by atoms with E-state index in [1.807, 2.05) is 17.1 Å². The van der Waals surface area contributed by atoms with Crippen LogP contribution in [0.1, 0.15) is 37.5 Å². The van der Waals surface area contributed by atoms with Crippen molar-refractivity contribution in [3.8, 4) is 16.9 Å². The number of carboxylic acid groups (broad SMARTS) is 2. The highest BCUT2D eigenvalue weighted by atomic mass is 35.5. The molecule has 3 heterocycles. The minimum atomic E-state index is -1.26. The molecule has 4 rings (SSSR count). The molecule has 202 valence electrons. The number of carbonyl (C=O) groups is 2. The summed E-state index contributed by atoms with van der Waals surface area (Å²) in [4.78, 5) is 23.4. The molecule has 38 heavy (non-hydrogen) atoms. The molecular weight excluding hydrogens is 540 g/mol. The summed E-state index contributed by atoms with van der Waals surface area (Å²) >= 11 is 12.3. The van der Waals surface area contributed by atoms with Crippen LogP contribution >= 0.6 is 23.2 Å². The molecule has 0 unspecified atom stereocenters.